The molecule has 0 N–H and O–H groups in total. The van der Waals surface area contributed by atoms with Crippen molar-refractivity contribution in [1.29, 1.82) is 0 Å². The number of benzene rings is 1. The quantitative estimate of drug-likeness (QED) is 0.449. The molecule has 0 saturated carbocycles. The van der Waals surface area contributed by atoms with Crippen LogP contribution in [0, 0.1) is 5.92 Å². The molecule has 0 bridgehead atoms. The van der Waals surface area contributed by atoms with Gasteiger partial charge in [-0.05, 0) is 18.6 Å². The van der Waals surface area contributed by atoms with E-state index in [2.05, 4.69) is 38.2 Å². The van der Waals surface area contributed by atoms with Crippen LogP contribution >= 0.6 is 0 Å². The molecule has 32 heavy (non-hydrogen) atoms. The molecule has 164 valence electrons. The Morgan fingerprint density at radius 1 is 1.06 bits per heavy atom. The van der Waals surface area contributed by atoms with Crippen LogP contribution < -0.4 is 4.74 Å². The number of aromatic nitrogens is 4. The van der Waals surface area contributed by atoms with E-state index in [0.717, 1.165) is 61.9 Å². The van der Waals surface area contributed by atoms with Gasteiger partial charge >= 0.3 is 0 Å². The van der Waals surface area contributed by atoms with Crippen LogP contribution in [0.4, 0.5) is 0 Å². The lowest BCUT2D eigenvalue weighted by molar-refractivity contribution is 0.121. The second kappa shape index (κ2) is 9.89. The summed E-state index contributed by atoms with van der Waals surface area (Å²) in [5, 5.41) is 0. The fourth-order valence-electron chi connectivity index (χ4n) is 4.15. The minimum absolute atomic E-state index is 0.384. The van der Waals surface area contributed by atoms with Crippen LogP contribution in [0.1, 0.15) is 16.8 Å². The predicted octanol–water partition coefficient (Wildman–Crippen LogP) is 3.39. The largest absolute Gasteiger partial charge is 0.489 e. The van der Waals surface area contributed by atoms with E-state index < -0.39 is 0 Å². The molecule has 1 aliphatic heterocycles. The smallest absolute Gasteiger partial charge is 0.155 e. The minimum Gasteiger partial charge on any atom is -0.489 e. The van der Waals surface area contributed by atoms with Crippen molar-refractivity contribution in [2.75, 3.05) is 26.3 Å². The van der Waals surface area contributed by atoms with E-state index in [-0.39, 0.29) is 0 Å². The normalized spacial score (nSPS) is 17.3. The van der Waals surface area contributed by atoms with Crippen LogP contribution in [0.3, 0.4) is 0 Å². The van der Waals surface area contributed by atoms with Crippen LogP contribution in [0.2, 0.25) is 0 Å². The van der Waals surface area contributed by atoms with Gasteiger partial charge in [0.05, 0.1) is 25.1 Å². The molecule has 3 aromatic heterocycles. The monoisotopic (exact) mass is 429 g/mol. The summed E-state index contributed by atoms with van der Waals surface area (Å²) in [6.07, 6.45) is 12.2. The Labute approximate surface area is 187 Å². The molecule has 1 atom stereocenters. The Morgan fingerprint density at radius 2 is 2.03 bits per heavy atom. The van der Waals surface area contributed by atoms with E-state index in [1.165, 1.54) is 5.56 Å². The van der Waals surface area contributed by atoms with Crippen molar-refractivity contribution in [3.63, 3.8) is 0 Å². The van der Waals surface area contributed by atoms with Crippen LogP contribution in [0.25, 0.3) is 5.65 Å². The van der Waals surface area contributed by atoms with Gasteiger partial charge in [0.2, 0.25) is 0 Å². The summed E-state index contributed by atoms with van der Waals surface area (Å²) in [5.74, 6) is 1.31. The van der Waals surface area contributed by atoms with Gasteiger partial charge in [-0.2, -0.15) is 0 Å². The van der Waals surface area contributed by atoms with Gasteiger partial charge in [-0.1, -0.05) is 24.3 Å². The maximum atomic E-state index is 6.14. The lowest BCUT2D eigenvalue weighted by Crippen LogP contribution is -2.30. The summed E-state index contributed by atoms with van der Waals surface area (Å²) in [4.78, 5) is 15.5. The SMILES string of the molecule is c1cncc(COc2ccccc2CN2CCOCC(Cc3cn4ccnc4cn3)C2)c1. The van der Waals surface area contributed by atoms with Gasteiger partial charge in [0, 0.05) is 67.7 Å². The molecule has 7 heteroatoms. The van der Waals surface area contributed by atoms with E-state index in [1.54, 1.807) is 12.4 Å². The molecule has 7 nitrogen and oxygen atoms in total. The summed E-state index contributed by atoms with van der Waals surface area (Å²) in [6, 6.07) is 12.2. The molecular weight excluding hydrogens is 402 g/mol. The highest BCUT2D eigenvalue weighted by atomic mass is 16.5. The number of fused-ring (bicyclic) bond motifs is 1. The van der Waals surface area contributed by atoms with Crippen molar-refractivity contribution in [3.05, 3.63) is 90.4 Å². The van der Waals surface area contributed by atoms with Crippen LogP contribution in [-0.4, -0.2) is 50.6 Å². The first-order chi connectivity index (χ1) is 15.8. The lowest BCUT2D eigenvalue weighted by Gasteiger charge is -2.24. The number of ether oxygens (including phenoxy) is 2. The molecule has 1 aromatic carbocycles. The van der Waals surface area contributed by atoms with E-state index >= 15 is 0 Å². The van der Waals surface area contributed by atoms with Crippen molar-refractivity contribution in [3.8, 4) is 5.75 Å². The zero-order chi connectivity index (χ0) is 21.6. The highest BCUT2D eigenvalue weighted by molar-refractivity contribution is 5.35. The highest BCUT2D eigenvalue weighted by Gasteiger charge is 2.21. The van der Waals surface area contributed by atoms with Gasteiger partial charge in [-0.3, -0.25) is 14.9 Å². The summed E-state index contributed by atoms with van der Waals surface area (Å²) < 4.78 is 14.1. The first-order valence-corrected chi connectivity index (χ1v) is 11.0. The van der Waals surface area contributed by atoms with Gasteiger partial charge in [0.25, 0.3) is 0 Å². The maximum absolute atomic E-state index is 6.14. The Morgan fingerprint density at radius 3 is 2.97 bits per heavy atom. The molecular formula is C25H27N5O2. The molecule has 0 amide bonds. The Balaban J connectivity index is 1.24. The zero-order valence-electron chi connectivity index (χ0n) is 18.0. The lowest BCUT2D eigenvalue weighted by atomic mass is 10.0. The second-order valence-electron chi connectivity index (χ2n) is 8.21. The number of rotatable bonds is 7. The molecule has 1 aliphatic rings. The molecule has 5 rings (SSSR count). The molecule has 0 aliphatic carbocycles. The summed E-state index contributed by atoms with van der Waals surface area (Å²) >= 11 is 0. The van der Waals surface area contributed by atoms with E-state index in [0.29, 0.717) is 12.5 Å². The zero-order valence-corrected chi connectivity index (χ0v) is 18.0. The number of nitrogens with zero attached hydrogens (tertiary/aromatic N) is 5. The summed E-state index contributed by atoms with van der Waals surface area (Å²) in [7, 11) is 0. The molecule has 4 heterocycles. The summed E-state index contributed by atoms with van der Waals surface area (Å²) in [5.41, 5.74) is 4.18. The first kappa shape index (κ1) is 20.6. The topological polar surface area (TPSA) is 64.8 Å². The molecule has 0 radical (unpaired) electrons. The van der Waals surface area contributed by atoms with Crippen molar-refractivity contribution >= 4 is 5.65 Å². The van der Waals surface area contributed by atoms with E-state index in [1.807, 2.05) is 47.3 Å². The van der Waals surface area contributed by atoms with Crippen molar-refractivity contribution in [2.24, 2.45) is 5.92 Å². The molecule has 0 spiro atoms. The third-order valence-electron chi connectivity index (χ3n) is 5.74. The van der Waals surface area contributed by atoms with Gasteiger partial charge in [-0.25, -0.2) is 4.98 Å². The summed E-state index contributed by atoms with van der Waals surface area (Å²) in [6.45, 7) is 4.69. The van der Waals surface area contributed by atoms with Gasteiger partial charge in [0.15, 0.2) is 5.65 Å². The average Bonchev–Trinajstić information content (AvgIpc) is 3.19. The number of pyridine rings is 1. The van der Waals surface area contributed by atoms with E-state index in [4.69, 9.17) is 9.47 Å². The van der Waals surface area contributed by atoms with Crippen molar-refractivity contribution in [1.82, 2.24) is 24.3 Å². The minimum atomic E-state index is 0.384. The van der Waals surface area contributed by atoms with Crippen molar-refractivity contribution < 1.29 is 9.47 Å². The molecule has 1 unspecified atom stereocenters. The number of para-hydroxylation sites is 1. The Hall–Kier alpha value is -3.29. The van der Waals surface area contributed by atoms with Gasteiger partial charge in [0.1, 0.15) is 12.4 Å². The van der Waals surface area contributed by atoms with Gasteiger partial charge < -0.3 is 13.9 Å². The average molecular weight is 430 g/mol. The van der Waals surface area contributed by atoms with Crippen molar-refractivity contribution in [2.45, 2.75) is 19.6 Å². The van der Waals surface area contributed by atoms with Crippen LogP contribution in [-0.2, 0) is 24.3 Å². The standard InChI is InChI=1S/C25H27N5O2/c1-2-6-24(32-19-20-4-3-7-26-13-20)22(5-1)16-29-10-11-31-18-21(15-29)12-23-17-30-9-8-27-25(30)14-28-23/h1-9,13-14,17,21H,10-12,15-16,18-19H2. The number of hydrogen-bond donors (Lipinski definition) is 0. The highest BCUT2D eigenvalue weighted by Crippen LogP contribution is 2.23. The molecule has 1 saturated heterocycles. The number of imidazole rings is 1. The fourth-order valence-corrected chi connectivity index (χ4v) is 4.15. The second-order valence-corrected chi connectivity index (χ2v) is 8.21. The van der Waals surface area contributed by atoms with Crippen LogP contribution in [0.15, 0.2) is 73.6 Å². The third-order valence-corrected chi connectivity index (χ3v) is 5.74. The molecule has 1 fully saturated rings. The fraction of sp³-hybridized carbons (Fsp3) is 0.320. The first-order valence-electron chi connectivity index (χ1n) is 11.0. The third kappa shape index (κ3) is 5.12. The van der Waals surface area contributed by atoms with E-state index in [9.17, 15) is 0 Å². The van der Waals surface area contributed by atoms with Crippen LogP contribution in [0.5, 0.6) is 5.75 Å². The Bertz CT molecular complexity index is 1150. The molecule has 4 aromatic rings. The predicted molar refractivity (Wildman–Crippen MR) is 121 cm³/mol. The maximum Gasteiger partial charge on any atom is 0.155 e. The number of hydrogen-bond acceptors (Lipinski definition) is 6. The Kier molecular flexibility index (Phi) is 6.37. The van der Waals surface area contributed by atoms with Gasteiger partial charge in [-0.15, -0.1) is 0 Å².